The van der Waals surface area contributed by atoms with Crippen LogP contribution in [0.5, 0.6) is 0 Å². The molecule has 0 aromatic heterocycles. The second-order valence-electron chi connectivity index (χ2n) is 7.50. The van der Waals surface area contributed by atoms with Gasteiger partial charge in [0.1, 0.15) is 5.82 Å². The van der Waals surface area contributed by atoms with Crippen molar-refractivity contribution in [2.24, 2.45) is 17.8 Å². The van der Waals surface area contributed by atoms with Crippen molar-refractivity contribution in [2.45, 2.75) is 50.9 Å². The van der Waals surface area contributed by atoms with Crippen molar-refractivity contribution in [1.29, 1.82) is 0 Å². The normalized spacial score (nSPS) is 27.2. The Labute approximate surface area is 147 Å². The molecule has 0 heterocycles. The highest BCUT2D eigenvalue weighted by Gasteiger charge is 2.35. The van der Waals surface area contributed by atoms with Gasteiger partial charge in [0.25, 0.3) is 0 Å². The first-order valence-electron chi connectivity index (χ1n) is 9.30. The zero-order chi connectivity index (χ0) is 17.8. The number of hydrogen-bond acceptors (Lipinski definition) is 2. The Bertz CT molecular complexity index is 616. The summed E-state index contributed by atoms with van der Waals surface area (Å²) in [7, 11) is 0. The van der Waals surface area contributed by atoms with Crippen LogP contribution in [-0.2, 0) is 9.59 Å². The summed E-state index contributed by atoms with van der Waals surface area (Å²) in [6, 6.07) is 5.43. The Morgan fingerprint density at radius 3 is 2.44 bits per heavy atom. The lowest BCUT2D eigenvalue weighted by molar-refractivity contribution is -0.138. The van der Waals surface area contributed by atoms with Crippen molar-refractivity contribution < 1.29 is 19.1 Å². The van der Waals surface area contributed by atoms with Gasteiger partial charge in [0.15, 0.2) is 0 Å². The standard InChI is InChI=1S/C20H26FNO3/c21-17-9-7-14(8-10-17)18(20(24)25)12-22-19(23)16-6-5-13-3-1-2-4-15(13)11-16/h7-10,13,15-16,18H,1-6,11-12H2,(H,22,23)(H,24,25). The van der Waals surface area contributed by atoms with Gasteiger partial charge in [-0.3, -0.25) is 9.59 Å². The Hall–Kier alpha value is -1.91. The van der Waals surface area contributed by atoms with Crippen molar-refractivity contribution in [3.8, 4) is 0 Å². The van der Waals surface area contributed by atoms with Crippen LogP contribution in [0.4, 0.5) is 4.39 Å². The number of hydrogen-bond donors (Lipinski definition) is 2. The van der Waals surface area contributed by atoms with Gasteiger partial charge in [0.2, 0.25) is 5.91 Å². The van der Waals surface area contributed by atoms with Gasteiger partial charge in [-0.1, -0.05) is 37.8 Å². The van der Waals surface area contributed by atoms with Gasteiger partial charge in [0.05, 0.1) is 5.92 Å². The molecular weight excluding hydrogens is 321 g/mol. The predicted molar refractivity (Wildman–Crippen MR) is 92.6 cm³/mol. The fraction of sp³-hybridized carbons (Fsp3) is 0.600. The maximum Gasteiger partial charge on any atom is 0.312 e. The van der Waals surface area contributed by atoms with Crippen LogP contribution in [0.2, 0.25) is 0 Å². The van der Waals surface area contributed by atoms with Crippen LogP contribution in [0.25, 0.3) is 0 Å². The van der Waals surface area contributed by atoms with Crippen LogP contribution >= 0.6 is 0 Å². The fourth-order valence-electron chi connectivity index (χ4n) is 4.50. The summed E-state index contributed by atoms with van der Waals surface area (Å²) in [6.45, 7) is 0.0460. The minimum absolute atomic E-state index is 0.00186. The predicted octanol–water partition coefficient (Wildman–Crippen LogP) is 3.72. The van der Waals surface area contributed by atoms with Crippen LogP contribution in [0.3, 0.4) is 0 Å². The number of carboxylic acids is 1. The van der Waals surface area contributed by atoms with E-state index in [9.17, 15) is 19.1 Å². The molecule has 0 saturated heterocycles. The van der Waals surface area contributed by atoms with E-state index in [2.05, 4.69) is 5.32 Å². The van der Waals surface area contributed by atoms with Crippen LogP contribution in [0.1, 0.15) is 56.4 Å². The molecule has 2 fully saturated rings. The van der Waals surface area contributed by atoms with Crippen molar-refractivity contribution in [1.82, 2.24) is 5.32 Å². The van der Waals surface area contributed by atoms with Crippen LogP contribution < -0.4 is 5.32 Å². The Kier molecular flexibility index (Phi) is 5.71. The highest BCUT2D eigenvalue weighted by molar-refractivity contribution is 5.81. The number of halogens is 1. The Morgan fingerprint density at radius 2 is 1.76 bits per heavy atom. The molecule has 0 aliphatic heterocycles. The number of aliphatic carboxylic acids is 1. The molecule has 2 saturated carbocycles. The quantitative estimate of drug-likeness (QED) is 0.853. The van der Waals surface area contributed by atoms with Gasteiger partial charge in [-0.2, -0.15) is 0 Å². The molecule has 136 valence electrons. The van der Waals surface area contributed by atoms with E-state index in [4.69, 9.17) is 0 Å². The molecule has 4 atom stereocenters. The largest absolute Gasteiger partial charge is 0.481 e. The van der Waals surface area contributed by atoms with Crippen LogP contribution in [0, 0.1) is 23.6 Å². The molecule has 4 nitrogen and oxygen atoms in total. The SMILES string of the molecule is O=C(NCC(C(=O)O)c1ccc(F)cc1)C1CCC2CCCCC2C1. The Balaban J connectivity index is 1.56. The van der Waals surface area contributed by atoms with Gasteiger partial charge in [-0.05, 0) is 48.8 Å². The third-order valence-electron chi connectivity index (χ3n) is 5.96. The second-order valence-corrected chi connectivity index (χ2v) is 7.50. The maximum atomic E-state index is 13.0. The monoisotopic (exact) mass is 347 g/mol. The molecule has 0 bridgehead atoms. The van der Waals surface area contributed by atoms with E-state index in [0.717, 1.165) is 25.2 Å². The summed E-state index contributed by atoms with van der Waals surface area (Å²) in [5.41, 5.74) is 0.505. The second kappa shape index (κ2) is 7.98. The molecule has 1 aromatic rings. The molecule has 0 spiro atoms. The molecule has 2 aliphatic rings. The number of carbonyl (C=O) groups is 2. The summed E-state index contributed by atoms with van der Waals surface area (Å²) in [4.78, 5) is 24.0. The summed E-state index contributed by atoms with van der Waals surface area (Å²) >= 11 is 0. The average Bonchev–Trinajstić information content (AvgIpc) is 2.62. The fourth-order valence-corrected chi connectivity index (χ4v) is 4.50. The molecule has 0 radical (unpaired) electrons. The number of carboxylic acid groups (broad SMARTS) is 1. The summed E-state index contributed by atoms with van der Waals surface area (Å²) in [5, 5.41) is 12.3. The van der Waals surface area contributed by atoms with Crippen molar-refractivity contribution in [2.75, 3.05) is 6.54 Å². The van der Waals surface area contributed by atoms with E-state index < -0.39 is 17.7 Å². The first-order valence-corrected chi connectivity index (χ1v) is 9.30. The number of rotatable bonds is 5. The molecule has 4 unspecified atom stereocenters. The number of amides is 1. The first-order chi connectivity index (χ1) is 12.0. The van der Waals surface area contributed by atoms with Gasteiger partial charge in [-0.15, -0.1) is 0 Å². The molecule has 3 rings (SSSR count). The van der Waals surface area contributed by atoms with Gasteiger partial charge >= 0.3 is 5.97 Å². The topological polar surface area (TPSA) is 66.4 Å². The molecule has 25 heavy (non-hydrogen) atoms. The zero-order valence-corrected chi connectivity index (χ0v) is 14.4. The van der Waals surface area contributed by atoms with Crippen molar-refractivity contribution in [3.63, 3.8) is 0 Å². The minimum atomic E-state index is -1.01. The lowest BCUT2D eigenvalue weighted by Gasteiger charge is -2.38. The van der Waals surface area contributed by atoms with Crippen molar-refractivity contribution in [3.05, 3.63) is 35.6 Å². The molecule has 5 heteroatoms. The van der Waals surface area contributed by atoms with E-state index in [-0.39, 0.29) is 18.4 Å². The van der Waals surface area contributed by atoms with Gasteiger partial charge in [0, 0.05) is 12.5 Å². The Morgan fingerprint density at radius 1 is 1.08 bits per heavy atom. The van der Waals surface area contributed by atoms with E-state index in [1.807, 2.05) is 0 Å². The smallest absolute Gasteiger partial charge is 0.312 e. The molecule has 1 aromatic carbocycles. The number of nitrogens with one attached hydrogen (secondary N) is 1. The zero-order valence-electron chi connectivity index (χ0n) is 14.4. The van der Waals surface area contributed by atoms with E-state index in [1.54, 1.807) is 0 Å². The maximum absolute atomic E-state index is 13.0. The minimum Gasteiger partial charge on any atom is -0.481 e. The molecule has 2 aliphatic carbocycles. The lowest BCUT2D eigenvalue weighted by Crippen LogP contribution is -2.39. The van der Waals surface area contributed by atoms with E-state index >= 15 is 0 Å². The molecule has 1 amide bonds. The van der Waals surface area contributed by atoms with Crippen molar-refractivity contribution >= 4 is 11.9 Å². The van der Waals surface area contributed by atoms with Gasteiger partial charge in [-0.25, -0.2) is 4.39 Å². The van der Waals surface area contributed by atoms with Crippen LogP contribution in [-0.4, -0.2) is 23.5 Å². The molecule has 2 N–H and O–H groups in total. The summed E-state index contributed by atoms with van der Waals surface area (Å²) < 4.78 is 13.0. The highest BCUT2D eigenvalue weighted by atomic mass is 19.1. The van der Waals surface area contributed by atoms with Gasteiger partial charge < -0.3 is 10.4 Å². The number of benzene rings is 1. The summed E-state index contributed by atoms with van der Waals surface area (Å²) in [6.07, 6.45) is 8.05. The first kappa shape index (κ1) is 17.9. The van der Waals surface area contributed by atoms with E-state index in [1.165, 1.54) is 49.9 Å². The molecular formula is C20H26FNO3. The third-order valence-corrected chi connectivity index (χ3v) is 5.96. The summed E-state index contributed by atoms with van der Waals surface area (Å²) in [5.74, 6) is -0.853. The average molecular weight is 347 g/mol. The highest BCUT2D eigenvalue weighted by Crippen LogP contribution is 2.42. The third kappa shape index (κ3) is 4.39. The van der Waals surface area contributed by atoms with E-state index in [0.29, 0.717) is 11.5 Å². The lowest BCUT2D eigenvalue weighted by atomic mass is 9.67. The van der Waals surface area contributed by atoms with Crippen LogP contribution in [0.15, 0.2) is 24.3 Å². The number of fused-ring (bicyclic) bond motifs is 1. The number of carbonyl (C=O) groups excluding carboxylic acids is 1.